The first-order valence-electron chi connectivity index (χ1n) is 10.7. The van der Waals surface area contributed by atoms with Crippen LogP contribution in [0.4, 0.5) is 5.69 Å². The summed E-state index contributed by atoms with van der Waals surface area (Å²) in [5, 5.41) is 13.9. The molecule has 0 aliphatic carbocycles. The van der Waals surface area contributed by atoms with E-state index in [9.17, 15) is 14.7 Å². The Bertz CT molecular complexity index is 1080. The van der Waals surface area contributed by atoms with Gasteiger partial charge in [0.15, 0.2) is 0 Å². The average Bonchev–Trinajstić information content (AvgIpc) is 2.86. The molecule has 1 saturated heterocycles. The van der Waals surface area contributed by atoms with Crippen LogP contribution in [0.25, 0.3) is 0 Å². The van der Waals surface area contributed by atoms with Gasteiger partial charge in [-0.15, -0.1) is 0 Å². The Balaban J connectivity index is 1.44. The van der Waals surface area contributed by atoms with Crippen LogP contribution < -0.4 is 10.1 Å². The summed E-state index contributed by atoms with van der Waals surface area (Å²) in [4.78, 5) is 26.7. The smallest absolute Gasteiger partial charge is 0.255 e. The number of benzene rings is 3. The molecule has 2 N–H and O–H groups in total. The molecule has 0 bridgehead atoms. The maximum absolute atomic E-state index is 12.5. The normalized spacial score (nSPS) is 16.8. The number of carbonyl (C=O) groups is 2. The molecular weight excluding hydrogens is 420 g/mol. The van der Waals surface area contributed by atoms with Crippen LogP contribution in [0.5, 0.6) is 5.75 Å². The molecule has 3 aromatic carbocycles. The van der Waals surface area contributed by atoms with E-state index in [1.807, 2.05) is 30.3 Å². The highest BCUT2D eigenvalue weighted by molar-refractivity contribution is 6.04. The molecule has 0 saturated carbocycles. The molecule has 2 amide bonds. The van der Waals surface area contributed by atoms with Crippen LogP contribution >= 0.6 is 0 Å². The zero-order valence-electron chi connectivity index (χ0n) is 18.3. The molecule has 4 rings (SSSR count). The lowest BCUT2D eigenvalue weighted by Crippen LogP contribution is -2.51. The molecule has 7 nitrogen and oxygen atoms in total. The highest BCUT2D eigenvalue weighted by Crippen LogP contribution is 2.27. The zero-order chi connectivity index (χ0) is 23.2. The van der Waals surface area contributed by atoms with Crippen molar-refractivity contribution in [2.45, 2.75) is 18.7 Å². The summed E-state index contributed by atoms with van der Waals surface area (Å²) in [6, 6.07) is 22.9. The Morgan fingerprint density at radius 2 is 1.79 bits per heavy atom. The van der Waals surface area contributed by atoms with Crippen molar-refractivity contribution < 1.29 is 24.2 Å². The number of anilines is 1. The molecule has 7 heteroatoms. The van der Waals surface area contributed by atoms with E-state index in [0.29, 0.717) is 29.1 Å². The van der Waals surface area contributed by atoms with E-state index < -0.39 is 12.1 Å². The van der Waals surface area contributed by atoms with Gasteiger partial charge in [-0.05, 0) is 47.5 Å². The van der Waals surface area contributed by atoms with Crippen LogP contribution in [0.15, 0.2) is 78.9 Å². The number of morpholine rings is 1. The third-order valence-electron chi connectivity index (χ3n) is 5.66. The van der Waals surface area contributed by atoms with Gasteiger partial charge in [0.25, 0.3) is 5.91 Å². The van der Waals surface area contributed by atoms with E-state index in [1.54, 1.807) is 60.5 Å². The third-order valence-corrected chi connectivity index (χ3v) is 5.66. The fraction of sp³-hybridized carbons (Fsp3) is 0.231. The highest BCUT2D eigenvalue weighted by atomic mass is 16.5. The number of hydrogen-bond donors (Lipinski definition) is 2. The quantitative estimate of drug-likeness (QED) is 0.581. The minimum Gasteiger partial charge on any atom is -0.497 e. The molecule has 1 aliphatic rings. The zero-order valence-corrected chi connectivity index (χ0v) is 18.3. The highest BCUT2D eigenvalue weighted by Gasteiger charge is 2.34. The van der Waals surface area contributed by atoms with Crippen LogP contribution in [0.1, 0.15) is 27.6 Å². The van der Waals surface area contributed by atoms with E-state index in [1.165, 1.54) is 0 Å². The third kappa shape index (κ3) is 5.39. The van der Waals surface area contributed by atoms with Crippen molar-refractivity contribution in [2.75, 3.05) is 25.6 Å². The molecule has 3 aromatic rings. The molecular formula is C26H26N2O5. The van der Waals surface area contributed by atoms with Crippen molar-refractivity contribution in [3.05, 3.63) is 95.6 Å². The van der Waals surface area contributed by atoms with E-state index in [-0.39, 0.29) is 25.0 Å². The molecule has 2 unspecified atom stereocenters. The second-order valence-corrected chi connectivity index (χ2v) is 7.84. The van der Waals surface area contributed by atoms with E-state index in [2.05, 4.69) is 5.32 Å². The van der Waals surface area contributed by atoms with Gasteiger partial charge in [-0.1, -0.05) is 42.5 Å². The van der Waals surface area contributed by atoms with Gasteiger partial charge < -0.3 is 24.8 Å². The van der Waals surface area contributed by atoms with Crippen molar-refractivity contribution in [2.24, 2.45) is 0 Å². The van der Waals surface area contributed by atoms with Gasteiger partial charge >= 0.3 is 0 Å². The van der Waals surface area contributed by atoms with Crippen LogP contribution in [0.2, 0.25) is 0 Å². The van der Waals surface area contributed by atoms with Crippen LogP contribution in [-0.2, 0) is 16.1 Å². The topological polar surface area (TPSA) is 88.1 Å². The predicted octanol–water partition coefficient (Wildman–Crippen LogP) is 3.41. The van der Waals surface area contributed by atoms with Crippen molar-refractivity contribution in [3.8, 4) is 5.75 Å². The summed E-state index contributed by atoms with van der Waals surface area (Å²) < 4.78 is 10.5. The number of ether oxygens (including phenoxy) is 2. The molecule has 2 atom stereocenters. The van der Waals surface area contributed by atoms with E-state index >= 15 is 0 Å². The van der Waals surface area contributed by atoms with Crippen LogP contribution in [0.3, 0.4) is 0 Å². The molecule has 33 heavy (non-hydrogen) atoms. The van der Waals surface area contributed by atoms with Gasteiger partial charge in [0.05, 0.1) is 19.8 Å². The predicted molar refractivity (Wildman–Crippen MR) is 124 cm³/mol. The first-order chi connectivity index (χ1) is 16.0. The maximum atomic E-state index is 12.5. The van der Waals surface area contributed by atoms with Crippen molar-refractivity contribution in [1.82, 2.24) is 4.90 Å². The number of aliphatic hydroxyl groups excluding tert-OH is 1. The second-order valence-electron chi connectivity index (χ2n) is 7.84. The Hall–Kier alpha value is -3.68. The van der Waals surface area contributed by atoms with Gasteiger partial charge in [0.2, 0.25) is 5.91 Å². The van der Waals surface area contributed by atoms with E-state index in [4.69, 9.17) is 9.47 Å². The number of methoxy groups -OCH3 is 1. The Morgan fingerprint density at radius 1 is 1.09 bits per heavy atom. The second kappa shape index (κ2) is 10.3. The summed E-state index contributed by atoms with van der Waals surface area (Å²) in [5.41, 5.74) is 2.73. The molecule has 1 aliphatic heterocycles. The molecule has 170 valence electrons. The van der Waals surface area contributed by atoms with Crippen molar-refractivity contribution in [3.63, 3.8) is 0 Å². The largest absolute Gasteiger partial charge is 0.497 e. The minimum atomic E-state index is -0.927. The Kier molecular flexibility index (Phi) is 7.02. The summed E-state index contributed by atoms with van der Waals surface area (Å²) >= 11 is 0. The van der Waals surface area contributed by atoms with Crippen LogP contribution in [-0.4, -0.2) is 48.2 Å². The summed E-state index contributed by atoms with van der Waals surface area (Å²) in [6.45, 7) is 0.656. The lowest BCUT2D eigenvalue weighted by molar-refractivity contribution is -0.155. The number of aliphatic hydroxyl groups is 1. The Labute approximate surface area is 192 Å². The summed E-state index contributed by atoms with van der Waals surface area (Å²) in [7, 11) is 1.57. The standard InChI is InChI=1S/C26H26N2O5/c1-32-22-13-9-20(10-14-22)26(31)27-21-11-7-19(8-12-21)25(30)23-16-33-17-24(29)28(23)15-18-5-3-2-4-6-18/h2-14,23,25,30H,15-17H2,1H3,(H,27,31). The van der Waals surface area contributed by atoms with Gasteiger partial charge in [0, 0.05) is 17.8 Å². The number of amides is 2. The SMILES string of the molecule is COc1ccc(C(=O)Nc2ccc(C(O)C3COCC(=O)N3Cc3ccccc3)cc2)cc1. The number of hydrogen-bond acceptors (Lipinski definition) is 5. The minimum absolute atomic E-state index is 0.00633. The molecule has 0 radical (unpaired) electrons. The maximum Gasteiger partial charge on any atom is 0.255 e. The Morgan fingerprint density at radius 3 is 2.45 bits per heavy atom. The summed E-state index contributed by atoms with van der Waals surface area (Å²) in [5.74, 6) is 0.278. The average molecular weight is 447 g/mol. The number of nitrogens with one attached hydrogen (secondary N) is 1. The van der Waals surface area contributed by atoms with Gasteiger partial charge in [-0.25, -0.2) is 0 Å². The van der Waals surface area contributed by atoms with E-state index in [0.717, 1.165) is 5.56 Å². The molecule has 1 fully saturated rings. The van der Waals surface area contributed by atoms with Crippen molar-refractivity contribution in [1.29, 1.82) is 0 Å². The van der Waals surface area contributed by atoms with Crippen molar-refractivity contribution >= 4 is 17.5 Å². The monoisotopic (exact) mass is 446 g/mol. The fourth-order valence-electron chi connectivity index (χ4n) is 3.80. The number of rotatable bonds is 7. The lowest BCUT2D eigenvalue weighted by Gasteiger charge is -2.38. The van der Waals surface area contributed by atoms with Gasteiger partial charge in [-0.2, -0.15) is 0 Å². The fourth-order valence-corrected chi connectivity index (χ4v) is 3.80. The van der Waals surface area contributed by atoms with Gasteiger partial charge in [0.1, 0.15) is 18.5 Å². The molecule has 1 heterocycles. The first-order valence-corrected chi connectivity index (χ1v) is 10.7. The van der Waals surface area contributed by atoms with Crippen LogP contribution in [0, 0.1) is 0 Å². The number of carbonyl (C=O) groups excluding carboxylic acids is 2. The first kappa shape index (κ1) is 22.5. The lowest BCUT2D eigenvalue weighted by atomic mass is 9.99. The molecule has 0 spiro atoms. The van der Waals surface area contributed by atoms with Gasteiger partial charge in [-0.3, -0.25) is 9.59 Å². The number of nitrogens with zero attached hydrogens (tertiary/aromatic N) is 1. The summed E-state index contributed by atoms with van der Waals surface area (Å²) in [6.07, 6.45) is -0.927. The molecule has 0 aromatic heterocycles.